The molecule has 10 heteroatoms. The minimum atomic E-state index is -4.78. The van der Waals surface area contributed by atoms with Crippen molar-refractivity contribution in [1.82, 2.24) is 0 Å². The van der Waals surface area contributed by atoms with Crippen LogP contribution in [0.5, 0.6) is 0 Å². The number of aliphatic hydroxyl groups excluding tert-OH is 1. The lowest BCUT2D eigenvalue weighted by molar-refractivity contribution is -0.161. The van der Waals surface area contributed by atoms with Gasteiger partial charge in [-0.15, -0.1) is 0 Å². The SMILES string of the molecule is CCCCC/C=C\C=C/[C@H](O)C/C=C\C/C=C/CCCC(=O)O[C@H](COC(=O)CCCCCCCCCCC(C)C)COP(=O)(O)O. The van der Waals surface area contributed by atoms with Crippen LogP contribution in [0, 0.1) is 5.92 Å². The quantitative estimate of drug-likeness (QED) is 0.0214. The van der Waals surface area contributed by atoms with E-state index in [1.54, 1.807) is 6.08 Å². The standard InChI is InChI=1S/C37H65O9P/c1-4-5-6-7-11-17-22-27-34(38)28-23-18-13-10-15-20-25-30-37(40)46-35(32-45-47(41,42)43)31-44-36(39)29-24-19-14-9-8-12-16-21-26-33(2)3/h10-11,15,17-18,22-23,27,33-35,38H,4-9,12-14,16,19-21,24-26,28-32H2,1-3H3,(H2,41,42,43)/b15-10+,17-11-,23-18-,27-22-/t34-,35+/m0/s1. The Kier molecular flexibility index (Phi) is 29.9. The molecule has 0 aliphatic carbocycles. The van der Waals surface area contributed by atoms with Gasteiger partial charge in [-0.3, -0.25) is 14.1 Å². The number of hydrogen-bond acceptors (Lipinski definition) is 7. The monoisotopic (exact) mass is 684 g/mol. The highest BCUT2D eigenvalue weighted by atomic mass is 31.2. The number of phosphoric acid groups is 1. The van der Waals surface area contributed by atoms with Gasteiger partial charge in [-0.1, -0.05) is 134 Å². The number of rotatable bonds is 31. The van der Waals surface area contributed by atoms with E-state index in [9.17, 15) is 19.3 Å². The summed E-state index contributed by atoms with van der Waals surface area (Å²) in [5, 5.41) is 10.0. The molecule has 0 unspecified atom stereocenters. The molecule has 0 saturated heterocycles. The Hall–Kier alpha value is -2.03. The van der Waals surface area contributed by atoms with E-state index in [1.807, 2.05) is 36.5 Å². The van der Waals surface area contributed by atoms with Crippen LogP contribution < -0.4 is 0 Å². The number of esters is 2. The highest BCUT2D eigenvalue weighted by Crippen LogP contribution is 2.35. The second-order valence-electron chi connectivity index (χ2n) is 12.5. The molecule has 0 amide bonds. The van der Waals surface area contributed by atoms with Crippen LogP contribution in [0.2, 0.25) is 0 Å². The van der Waals surface area contributed by atoms with Gasteiger partial charge in [-0.2, -0.15) is 0 Å². The molecule has 0 aliphatic heterocycles. The van der Waals surface area contributed by atoms with E-state index in [-0.39, 0.29) is 19.4 Å². The molecule has 0 aromatic heterocycles. The van der Waals surface area contributed by atoms with E-state index in [0.717, 1.165) is 31.6 Å². The first-order valence-corrected chi connectivity index (χ1v) is 19.4. The van der Waals surface area contributed by atoms with Crippen molar-refractivity contribution in [2.45, 2.75) is 155 Å². The van der Waals surface area contributed by atoms with E-state index < -0.39 is 38.6 Å². The number of carbonyl (C=O) groups is 2. The maximum atomic E-state index is 12.3. The average molecular weight is 685 g/mol. The third-order valence-corrected chi connectivity index (χ3v) is 7.84. The first-order valence-electron chi connectivity index (χ1n) is 17.9. The van der Waals surface area contributed by atoms with Crippen molar-refractivity contribution in [3.05, 3.63) is 48.6 Å². The smallest absolute Gasteiger partial charge is 0.462 e. The second kappa shape index (κ2) is 31.3. The Bertz CT molecular complexity index is 936. The molecule has 0 fully saturated rings. The van der Waals surface area contributed by atoms with Gasteiger partial charge in [0, 0.05) is 12.8 Å². The predicted octanol–water partition coefficient (Wildman–Crippen LogP) is 9.22. The van der Waals surface area contributed by atoms with Crippen LogP contribution >= 0.6 is 7.82 Å². The Morgan fingerprint density at radius 3 is 2.04 bits per heavy atom. The van der Waals surface area contributed by atoms with Crippen LogP contribution in [0.4, 0.5) is 0 Å². The van der Waals surface area contributed by atoms with Crippen LogP contribution in [0.3, 0.4) is 0 Å². The Morgan fingerprint density at radius 1 is 0.723 bits per heavy atom. The molecule has 0 bridgehead atoms. The summed E-state index contributed by atoms with van der Waals surface area (Å²) in [5.74, 6) is -0.233. The maximum absolute atomic E-state index is 12.3. The topological polar surface area (TPSA) is 140 Å². The molecule has 0 rings (SSSR count). The number of carbonyl (C=O) groups excluding carboxylic acids is 2. The predicted molar refractivity (Wildman–Crippen MR) is 190 cm³/mol. The van der Waals surface area contributed by atoms with Crippen LogP contribution in [0.15, 0.2) is 48.6 Å². The van der Waals surface area contributed by atoms with Gasteiger partial charge in [0.1, 0.15) is 6.61 Å². The molecule has 3 N–H and O–H groups in total. The first kappa shape index (κ1) is 45.0. The summed E-state index contributed by atoms with van der Waals surface area (Å²) in [6.45, 7) is 5.78. The lowest BCUT2D eigenvalue weighted by Crippen LogP contribution is -2.29. The molecule has 2 atom stereocenters. The van der Waals surface area contributed by atoms with Crippen molar-refractivity contribution in [3.63, 3.8) is 0 Å². The lowest BCUT2D eigenvalue weighted by Gasteiger charge is -2.18. The maximum Gasteiger partial charge on any atom is 0.469 e. The normalized spacial score (nSPS) is 13.9. The van der Waals surface area contributed by atoms with Gasteiger partial charge in [0.2, 0.25) is 0 Å². The summed E-state index contributed by atoms with van der Waals surface area (Å²) in [6, 6.07) is 0. The number of ether oxygens (including phenoxy) is 2. The third kappa shape index (κ3) is 35.1. The molecule has 0 saturated carbocycles. The molecule has 0 heterocycles. The Balaban J connectivity index is 4.19. The highest BCUT2D eigenvalue weighted by molar-refractivity contribution is 7.46. The Labute approximate surface area is 285 Å². The van der Waals surface area contributed by atoms with Crippen molar-refractivity contribution in [3.8, 4) is 0 Å². The van der Waals surface area contributed by atoms with Crippen molar-refractivity contribution in [2.75, 3.05) is 13.2 Å². The van der Waals surface area contributed by atoms with Gasteiger partial charge in [0.05, 0.1) is 12.7 Å². The van der Waals surface area contributed by atoms with Gasteiger partial charge >= 0.3 is 19.8 Å². The van der Waals surface area contributed by atoms with Gasteiger partial charge in [0.15, 0.2) is 6.10 Å². The lowest BCUT2D eigenvalue weighted by atomic mass is 10.0. The molecule has 47 heavy (non-hydrogen) atoms. The minimum Gasteiger partial charge on any atom is -0.462 e. The van der Waals surface area contributed by atoms with Crippen molar-refractivity contribution >= 4 is 19.8 Å². The summed E-state index contributed by atoms with van der Waals surface area (Å²) in [6.07, 6.45) is 31.6. The molecular weight excluding hydrogens is 619 g/mol. The zero-order chi connectivity index (χ0) is 35.0. The summed E-state index contributed by atoms with van der Waals surface area (Å²) < 4.78 is 26.2. The van der Waals surface area contributed by atoms with Gasteiger partial charge in [0.25, 0.3) is 0 Å². The van der Waals surface area contributed by atoms with E-state index in [2.05, 4.69) is 31.4 Å². The third-order valence-electron chi connectivity index (χ3n) is 7.36. The van der Waals surface area contributed by atoms with Crippen LogP contribution in [-0.4, -0.2) is 52.3 Å². The summed E-state index contributed by atoms with van der Waals surface area (Å²) in [4.78, 5) is 42.6. The zero-order valence-corrected chi connectivity index (χ0v) is 30.3. The highest BCUT2D eigenvalue weighted by Gasteiger charge is 2.22. The van der Waals surface area contributed by atoms with Gasteiger partial charge in [-0.25, -0.2) is 4.57 Å². The fourth-order valence-corrected chi connectivity index (χ4v) is 4.99. The van der Waals surface area contributed by atoms with E-state index in [4.69, 9.17) is 19.3 Å². The number of allylic oxidation sites excluding steroid dienone is 6. The fourth-order valence-electron chi connectivity index (χ4n) is 4.63. The van der Waals surface area contributed by atoms with Crippen LogP contribution in [-0.2, 0) is 28.2 Å². The number of phosphoric ester groups is 1. The molecular formula is C37H65O9P. The summed E-state index contributed by atoms with van der Waals surface area (Å²) in [7, 11) is -4.78. The number of unbranched alkanes of at least 4 members (excludes halogenated alkanes) is 11. The fraction of sp³-hybridized carbons (Fsp3) is 0.730. The Morgan fingerprint density at radius 2 is 1.36 bits per heavy atom. The summed E-state index contributed by atoms with van der Waals surface area (Å²) >= 11 is 0. The number of hydrogen-bond donors (Lipinski definition) is 3. The zero-order valence-electron chi connectivity index (χ0n) is 29.4. The van der Waals surface area contributed by atoms with E-state index >= 15 is 0 Å². The van der Waals surface area contributed by atoms with E-state index in [0.29, 0.717) is 32.1 Å². The van der Waals surface area contributed by atoms with E-state index in [1.165, 1.54) is 51.4 Å². The first-order chi connectivity index (χ1) is 22.5. The van der Waals surface area contributed by atoms with Gasteiger partial charge in [-0.05, 0) is 50.9 Å². The molecule has 0 spiro atoms. The second-order valence-corrected chi connectivity index (χ2v) is 13.8. The molecule has 0 radical (unpaired) electrons. The van der Waals surface area contributed by atoms with Crippen molar-refractivity contribution < 1.29 is 43.0 Å². The molecule has 272 valence electrons. The van der Waals surface area contributed by atoms with Crippen LogP contribution in [0.25, 0.3) is 0 Å². The molecule has 0 aromatic rings. The molecule has 9 nitrogen and oxygen atoms in total. The van der Waals surface area contributed by atoms with Crippen molar-refractivity contribution in [1.29, 1.82) is 0 Å². The number of aliphatic hydroxyl groups is 1. The van der Waals surface area contributed by atoms with Crippen molar-refractivity contribution in [2.24, 2.45) is 5.92 Å². The molecule has 0 aliphatic rings. The average Bonchev–Trinajstić information content (AvgIpc) is 3.01. The van der Waals surface area contributed by atoms with Crippen LogP contribution in [0.1, 0.15) is 143 Å². The minimum absolute atomic E-state index is 0.101. The summed E-state index contributed by atoms with van der Waals surface area (Å²) in [5.41, 5.74) is 0. The van der Waals surface area contributed by atoms with Gasteiger partial charge < -0.3 is 24.4 Å². The molecule has 0 aromatic carbocycles. The largest absolute Gasteiger partial charge is 0.469 e.